The normalized spacial score (nSPS) is 16.9. The lowest BCUT2D eigenvalue weighted by Gasteiger charge is -2.20. The number of unbranched alkanes of at least 4 members (excludes halogenated alkanes) is 1. The molecule has 2 aromatic rings. The molecule has 0 saturated carbocycles. The van der Waals surface area contributed by atoms with Crippen LogP contribution in [0.2, 0.25) is 0 Å². The van der Waals surface area contributed by atoms with Crippen LogP contribution in [0, 0.1) is 6.92 Å². The summed E-state index contributed by atoms with van der Waals surface area (Å²) in [5.74, 6) is 2.35. The number of hydrogen-bond acceptors (Lipinski definition) is 6. The van der Waals surface area contributed by atoms with Gasteiger partial charge in [0.15, 0.2) is 0 Å². The predicted molar refractivity (Wildman–Crippen MR) is 116 cm³/mol. The van der Waals surface area contributed by atoms with Crippen LogP contribution in [0.15, 0.2) is 24.3 Å². The summed E-state index contributed by atoms with van der Waals surface area (Å²) in [5, 5.41) is 6.40. The zero-order valence-electron chi connectivity index (χ0n) is 17.6. The van der Waals surface area contributed by atoms with Crippen LogP contribution in [0.25, 0.3) is 0 Å². The molecule has 152 valence electrons. The molecule has 0 radical (unpaired) electrons. The third kappa shape index (κ3) is 5.35. The minimum absolute atomic E-state index is 0.600. The molecule has 0 bridgehead atoms. The second-order valence-corrected chi connectivity index (χ2v) is 7.60. The van der Waals surface area contributed by atoms with Gasteiger partial charge in [-0.2, -0.15) is 4.98 Å². The number of ether oxygens (including phenoxy) is 1. The average molecular weight is 384 g/mol. The third-order valence-corrected chi connectivity index (χ3v) is 5.48. The Hall–Kier alpha value is -2.34. The molecule has 0 unspecified atom stereocenters. The van der Waals surface area contributed by atoms with Gasteiger partial charge in [-0.15, -0.1) is 0 Å². The zero-order chi connectivity index (χ0) is 19.9. The number of nitrogens with one attached hydrogen (secondary N) is 2. The largest absolute Gasteiger partial charge is 0.496 e. The van der Waals surface area contributed by atoms with Crippen LogP contribution >= 0.6 is 0 Å². The lowest BCUT2D eigenvalue weighted by molar-refractivity contribution is 0.263. The van der Waals surface area contributed by atoms with E-state index in [1.165, 1.54) is 37.9 Å². The molecule has 1 aromatic carbocycles. The van der Waals surface area contributed by atoms with Crippen LogP contribution < -0.4 is 15.4 Å². The summed E-state index contributed by atoms with van der Waals surface area (Å²) in [4.78, 5) is 11.6. The lowest BCUT2D eigenvalue weighted by Crippen LogP contribution is -2.27. The summed E-state index contributed by atoms with van der Waals surface area (Å²) >= 11 is 0. The van der Waals surface area contributed by atoms with Crippen LogP contribution in [0.4, 0.5) is 17.5 Å². The first-order chi connectivity index (χ1) is 13.6. The molecule has 2 heterocycles. The van der Waals surface area contributed by atoms with Crippen LogP contribution in [-0.4, -0.2) is 48.2 Å². The Morgan fingerprint density at radius 2 is 2.07 bits per heavy atom. The van der Waals surface area contributed by atoms with Gasteiger partial charge >= 0.3 is 0 Å². The van der Waals surface area contributed by atoms with Gasteiger partial charge < -0.3 is 20.3 Å². The first-order valence-electron chi connectivity index (χ1n) is 10.3. The van der Waals surface area contributed by atoms with Gasteiger partial charge in [0.25, 0.3) is 0 Å². The molecule has 28 heavy (non-hydrogen) atoms. The summed E-state index contributed by atoms with van der Waals surface area (Å²) in [6.45, 7) is 6.77. The van der Waals surface area contributed by atoms with Gasteiger partial charge in [0.1, 0.15) is 11.6 Å². The van der Waals surface area contributed by atoms with Gasteiger partial charge in [-0.1, -0.05) is 0 Å². The van der Waals surface area contributed by atoms with Gasteiger partial charge in [0, 0.05) is 30.5 Å². The molecule has 0 aliphatic carbocycles. The molecule has 1 saturated heterocycles. The van der Waals surface area contributed by atoms with E-state index in [2.05, 4.69) is 38.5 Å². The Morgan fingerprint density at radius 3 is 2.79 bits per heavy atom. The minimum Gasteiger partial charge on any atom is -0.496 e. The lowest BCUT2D eigenvalue weighted by atomic mass is 10.1. The first kappa shape index (κ1) is 20.4. The Balaban J connectivity index is 1.62. The van der Waals surface area contributed by atoms with E-state index in [9.17, 15) is 0 Å². The second-order valence-electron chi connectivity index (χ2n) is 7.60. The van der Waals surface area contributed by atoms with E-state index in [1.807, 2.05) is 32.2 Å². The molecule has 1 aromatic heterocycles. The highest BCUT2D eigenvalue weighted by Gasteiger charge is 2.19. The number of anilines is 3. The SMILES string of the molecule is CNc1cc(C)nc(Nc2ccc(OC)c(CCCCN3CCC[C@@H]3C)c2)n1. The van der Waals surface area contributed by atoms with Crippen molar-refractivity contribution in [2.75, 3.05) is 37.9 Å². The summed E-state index contributed by atoms with van der Waals surface area (Å²) in [6.07, 6.45) is 6.08. The Morgan fingerprint density at radius 1 is 1.21 bits per heavy atom. The number of likely N-dealkylation sites (tertiary alicyclic amines) is 1. The van der Waals surface area contributed by atoms with Crippen molar-refractivity contribution in [2.45, 2.75) is 52.0 Å². The van der Waals surface area contributed by atoms with Crippen LogP contribution in [0.5, 0.6) is 5.75 Å². The zero-order valence-corrected chi connectivity index (χ0v) is 17.6. The van der Waals surface area contributed by atoms with E-state index < -0.39 is 0 Å². The number of benzene rings is 1. The van der Waals surface area contributed by atoms with Crippen molar-refractivity contribution in [2.24, 2.45) is 0 Å². The van der Waals surface area contributed by atoms with Crippen molar-refractivity contribution in [1.82, 2.24) is 14.9 Å². The number of methoxy groups -OCH3 is 1. The fourth-order valence-electron chi connectivity index (χ4n) is 3.89. The highest BCUT2D eigenvalue weighted by molar-refractivity contribution is 5.58. The molecule has 1 aliphatic heterocycles. The monoisotopic (exact) mass is 383 g/mol. The summed E-state index contributed by atoms with van der Waals surface area (Å²) < 4.78 is 5.57. The van der Waals surface area contributed by atoms with Gasteiger partial charge in [0.05, 0.1) is 7.11 Å². The van der Waals surface area contributed by atoms with Crippen molar-refractivity contribution < 1.29 is 4.74 Å². The van der Waals surface area contributed by atoms with E-state index in [1.54, 1.807) is 7.11 Å². The Kier molecular flexibility index (Phi) is 7.09. The molecule has 0 spiro atoms. The highest BCUT2D eigenvalue weighted by atomic mass is 16.5. The molecular weight excluding hydrogens is 350 g/mol. The highest BCUT2D eigenvalue weighted by Crippen LogP contribution is 2.26. The van der Waals surface area contributed by atoms with E-state index in [0.717, 1.165) is 41.8 Å². The number of aromatic nitrogens is 2. The number of hydrogen-bond donors (Lipinski definition) is 2. The smallest absolute Gasteiger partial charge is 0.229 e. The number of rotatable bonds is 9. The van der Waals surface area contributed by atoms with Crippen LogP contribution in [-0.2, 0) is 6.42 Å². The average Bonchev–Trinajstić information content (AvgIpc) is 3.09. The molecule has 6 nitrogen and oxygen atoms in total. The molecule has 1 aliphatic rings. The summed E-state index contributed by atoms with van der Waals surface area (Å²) in [7, 11) is 3.60. The molecule has 0 amide bonds. The summed E-state index contributed by atoms with van der Waals surface area (Å²) in [5.41, 5.74) is 3.13. The van der Waals surface area contributed by atoms with E-state index in [-0.39, 0.29) is 0 Å². The van der Waals surface area contributed by atoms with Crippen molar-refractivity contribution in [1.29, 1.82) is 0 Å². The maximum absolute atomic E-state index is 5.57. The van der Waals surface area contributed by atoms with Crippen LogP contribution in [0.3, 0.4) is 0 Å². The minimum atomic E-state index is 0.600. The first-order valence-corrected chi connectivity index (χ1v) is 10.3. The maximum atomic E-state index is 5.57. The number of nitrogens with zero attached hydrogens (tertiary/aromatic N) is 3. The van der Waals surface area contributed by atoms with Crippen LogP contribution in [0.1, 0.15) is 43.9 Å². The van der Waals surface area contributed by atoms with E-state index in [4.69, 9.17) is 4.74 Å². The van der Waals surface area contributed by atoms with Gasteiger partial charge in [-0.05, 0) is 82.8 Å². The van der Waals surface area contributed by atoms with Crippen molar-refractivity contribution >= 4 is 17.5 Å². The van der Waals surface area contributed by atoms with E-state index in [0.29, 0.717) is 5.95 Å². The summed E-state index contributed by atoms with van der Waals surface area (Å²) in [6, 6.07) is 8.86. The van der Waals surface area contributed by atoms with Gasteiger partial charge in [-0.3, -0.25) is 0 Å². The molecular formula is C22H33N5O. The Bertz CT molecular complexity index is 780. The second kappa shape index (κ2) is 9.73. The molecule has 6 heteroatoms. The van der Waals surface area contributed by atoms with Crippen molar-refractivity contribution in [3.05, 3.63) is 35.5 Å². The third-order valence-electron chi connectivity index (χ3n) is 5.48. The maximum Gasteiger partial charge on any atom is 0.229 e. The Labute approximate surface area is 168 Å². The standard InChI is InChI=1S/C22H33N5O/c1-16-14-21(23-3)26-22(24-16)25-19-10-11-20(28-4)18(15-19)9-5-6-12-27-13-7-8-17(27)2/h10-11,14-15,17H,5-9,12-13H2,1-4H3,(H2,23,24,25,26)/t17-/m0/s1. The topological polar surface area (TPSA) is 62.3 Å². The van der Waals surface area contributed by atoms with Crippen molar-refractivity contribution in [3.63, 3.8) is 0 Å². The molecule has 3 rings (SSSR count). The van der Waals surface area contributed by atoms with Gasteiger partial charge in [0.2, 0.25) is 5.95 Å². The van der Waals surface area contributed by atoms with Crippen molar-refractivity contribution in [3.8, 4) is 5.75 Å². The number of aryl methyl sites for hydroxylation is 2. The van der Waals surface area contributed by atoms with Gasteiger partial charge in [-0.25, -0.2) is 4.98 Å². The van der Waals surface area contributed by atoms with E-state index >= 15 is 0 Å². The molecule has 2 N–H and O–H groups in total. The fourth-order valence-corrected chi connectivity index (χ4v) is 3.89. The molecule has 1 fully saturated rings. The molecule has 1 atom stereocenters. The quantitative estimate of drug-likeness (QED) is 0.627. The predicted octanol–water partition coefficient (Wildman–Crippen LogP) is 4.39. The fraction of sp³-hybridized carbons (Fsp3) is 0.545.